The van der Waals surface area contributed by atoms with Gasteiger partial charge in [-0.1, -0.05) is 13.8 Å². The first kappa shape index (κ1) is 23.2. The molecule has 0 bridgehead atoms. The molecule has 0 spiro atoms. The first-order valence-corrected chi connectivity index (χ1v) is 9.14. The molecule has 4 amide bonds. The summed E-state index contributed by atoms with van der Waals surface area (Å²) in [6.07, 6.45) is 2.43. The van der Waals surface area contributed by atoms with Crippen molar-refractivity contribution in [3.05, 3.63) is 0 Å². The lowest BCUT2D eigenvalue weighted by Gasteiger charge is -2.18. The minimum atomic E-state index is -0.665. The van der Waals surface area contributed by atoms with Gasteiger partial charge in [0, 0.05) is 32.5 Å². The molecule has 144 valence electrons. The van der Waals surface area contributed by atoms with Crippen LogP contribution in [0.3, 0.4) is 0 Å². The molecule has 1 unspecified atom stereocenters. The maximum absolute atomic E-state index is 12.2. The van der Waals surface area contributed by atoms with Gasteiger partial charge in [-0.3, -0.25) is 19.2 Å². The van der Waals surface area contributed by atoms with Gasteiger partial charge in [-0.25, -0.2) is 0 Å². The fraction of sp³-hybridized carbons (Fsp3) is 0.750. The van der Waals surface area contributed by atoms with Crippen molar-refractivity contribution in [1.29, 1.82) is 0 Å². The van der Waals surface area contributed by atoms with Crippen LogP contribution in [0.4, 0.5) is 0 Å². The third-order valence-electron chi connectivity index (χ3n) is 3.31. The molecule has 0 aromatic carbocycles. The van der Waals surface area contributed by atoms with E-state index in [2.05, 4.69) is 21.3 Å². The van der Waals surface area contributed by atoms with Crippen LogP contribution in [0.1, 0.15) is 46.0 Å². The van der Waals surface area contributed by atoms with Gasteiger partial charge in [-0.2, -0.15) is 0 Å². The highest BCUT2D eigenvalue weighted by Gasteiger charge is 2.19. The molecule has 0 fully saturated rings. The van der Waals surface area contributed by atoms with E-state index in [0.29, 0.717) is 38.6 Å². The largest absolute Gasteiger partial charge is 0.356 e. The monoisotopic (exact) mass is 376 g/mol. The van der Waals surface area contributed by atoms with Crippen LogP contribution in [0.5, 0.6) is 0 Å². The Balaban J connectivity index is 4.34. The van der Waals surface area contributed by atoms with Crippen molar-refractivity contribution in [1.82, 2.24) is 21.3 Å². The van der Waals surface area contributed by atoms with Gasteiger partial charge >= 0.3 is 0 Å². The normalized spacial score (nSPS) is 11.3. The number of amides is 4. The molecule has 25 heavy (non-hydrogen) atoms. The fourth-order valence-electron chi connectivity index (χ4n) is 1.98. The first-order valence-electron chi connectivity index (χ1n) is 8.60. The molecular weight excluding hydrogens is 348 g/mol. The Morgan fingerprint density at radius 1 is 0.880 bits per heavy atom. The Bertz CT molecular complexity index is 446. The Morgan fingerprint density at radius 2 is 1.52 bits per heavy atom. The first-order chi connectivity index (χ1) is 11.9. The highest BCUT2D eigenvalue weighted by Crippen LogP contribution is 1.99. The molecule has 0 rings (SSSR count). The van der Waals surface area contributed by atoms with Gasteiger partial charge in [-0.15, -0.1) is 11.6 Å². The van der Waals surface area contributed by atoms with Gasteiger partial charge in [-0.05, 0) is 19.3 Å². The van der Waals surface area contributed by atoms with Crippen LogP contribution in [-0.2, 0) is 19.2 Å². The van der Waals surface area contributed by atoms with Crippen LogP contribution in [0, 0.1) is 0 Å². The van der Waals surface area contributed by atoms with Crippen molar-refractivity contribution < 1.29 is 19.2 Å². The van der Waals surface area contributed by atoms with E-state index >= 15 is 0 Å². The zero-order valence-corrected chi connectivity index (χ0v) is 15.7. The summed E-state index contributed by atoms with van der Waals surface area (Å²) >= 11 is 5.36. The average Bonchev–Trinajstić information content (AvgIpc) is 2.60. The summed E-state index contributed by atoms with van der Waals surface area (Å²) in [5, 5.41) is 10.7. The third kappa shape index (κ3) is 12.2. The Labute approximate surface area is 153 Å². The van der Waals surface area contributed by atoms with Crippen molar-refractivity contribution >= 4 is 35.2 Å². The molecule has 0 aromatic heterocycles. The highest BCUT2D eigenvalue weighted by molar-refractivity contribution is 6.27. The Kier molecular flexibility index (Phi) is 13.4. The van der Waals surface area contributed by atoms with Crippen LogP contribution in [0.25, 0.3) is 0 Å². The summed E-state index contributed by atoms with van der Waals surface area (Å²) in [5.41, 5.74) is 0. The number of hydrogen-bond acceptors (Lipinski definition) is 4. The molecule has 0 saturated heterocycles. The summed E-state index contributed by atoms with van der Waals surface area (Å²) in [6.45, 7) is 4.60. The quantitative estimate of drug-likeness (QED) is 0.268. The molecule has 1 atom stereocenters. The highest BCUT2D eigenvalue weighted by atomic mass is 35.5. The lowest BCUT2D eigenvalue weighted by Crippen LogP contribution is -2.48. The van der Waals surface area contributed by atoms with E-state index in [-0.39, 0.29) is 42.6 Å². The number of hydrogen-bond donors (Lipinski definition) is 4. The number of alkyl halides is 1. The smallest absolute Gasteiger partial charge is 0.242 e. The predicted molar refractivity (Wildman–Crippen MR) is 96.1 cm³/mol. The third-order valence-corrected chi connectivity index (χ3v) is 3.55. The van der Waals surface area contributed by atoms with Crippen LogP contribution in [0.2, 0.25) is 0 Å². The predicted octanol–water partition coefficient (Wildman–Crippen LogP) is 0.0489. The second-order valence-corrected chi connectivity index (χ2v) is 5.76. The van der Waals surface area contributed by atoms with Gasteiger partial charge < -0.3 is 21.3 Å². The molecule has 0 radical (unpaired) electrons. The number of halogens is 1. The summed E-state index contributed by atoms with van der Waals surface area (Å²) in [4.78, 5) is 46.2. The van der Waals surface area contributed by atoms with E-state index in [1.54, 1.807) is 6.92 Å². The summed E-state index contributed by atoms with van der Waals surface area (Å²) in [6, 6.07) is -0.665. The molecule has 0 aromatic rings. The second-order valence-electron chi connectivity index (χ2n) is 5.49. The van der Waals surface area contributed by atoms with Crippen molar-refractivity contribution in [2.75, 3.05) is 25.5 Å². The summed E-state index contributed by atoms with van der Waals surface area (Å²) in [7, 11) is 0. The Morgan fingerprint density at radius 3 is 2.12 bits per heavy atom. The van der Waals surface area contributed by atoms with Crippen LogP contribution in [0.15, 0.2) is 0 Å². The molecule has 8 nitrogen and oxygen atoms in total. The molecule has 0 saturated carbocycles. The molecule has 4 N–H and O–H groups in total. The van der Waals surface area contributed by atoms with Crippen molar-refractivity contribution in [3.8, 4) is 0 Å². The van der Waals surface area contributed by atoms with Gasteiger partial charge in [0.15, 0.2) is 0 Å². The SMILES string of the molecule is CCCC(=O)NC(CCCNC(=O)CC)C(=O)NCCNC(=O)CCl. The van der Waals surface area contributed by atoms with E-state index in [0.717, 1.165) is 0 Å². The molecule has 0 aliphatic carbocycles. The van der Waals surface area contributed by atoms with E-state index in [9.17, 15) is 19.2 Å². The topological polar surface area (TPSA) is 116 Å². The fourth-order valence-corrected chi connectivity index (χ4v) is 2.07. The van der Waals surface area contributed by atoms with Crippen LogP contribution < -0.4 is 21.3 Å². The van der Waals surface area contributed by atoms with Gasteiger partial charge in [0.1, 0.15) is 11.9 Å². The standard InChI is InChI=1S/C16H29ClN4O4/c1-3-6-14(23)21-12(7-5-8-18-13(22)4-2)16(25)20-10-9-19-15(24)11-17/h12H,3-11H2,1-2H3,(H,18,22)(H,19,24)(H,20,25)(H,21,23). The maximum Gasteiger partial charge on any atom is 0.242 e. The van der Waals surface area contributed by atoms with E-state index in [4.69, 9.17) is 11.6 Å². The van der Waals surface area contributed by atoms with E-state index < -0.39 is 6.04 Å². The van der Waals surface area contributed by atoms with Crippen LogP contribution in [-0.4, -0.2) is 55.2 Å². The number of carbonyl (C=O) groups excluding carboxylic acids is 4. The van der Waals surface area contributed by atoms with E-state index in [1.165, 1.54) is 0 Å². The van der Waals surface area contributed by atoms with Crippen molar-refractivity contribution in [3.63, 3.8) is 0 Å². The second kappa shape index (κ2) is 14.5. The molecule has 9 heteroatoms. The van der Waals surface area contributed by atoms with Crippen LogP contribution >= 0.6 is 11.6 Å². The van der Waals surface area contributed by atoms with E-state index in [1.807, 2.05) is 6.92 Å². The number of rotatable bonds is 13. The zero-order valence-electron chi connectivity index (χ0n) is 15.0. The maximum atomic E-state index is 12.2. The van der Waals surface area contributed by atoms with Crippen molar-refractivity contribution in [2.24, 2.45) is 0 Å². The minimum Gasteiger partial charge on any atom is -0.356 e. The molecular formula is C16H29ClN4O4. The van der Waals surface area contributed by atoms with Gasteiger partial charge in [0.05, 0.1) is 0 Å². The van der Waals surface area contributed by atoms with Gasteiger partial charge in [0.25, 0.3) is 0 Å². The zero-order chi connectivity index (χ0) is 19.1. The Hall–Kier alpha value is -1.83. The lowest BCUT2D eigenvalue weighted by atomic mass is 10.1. The average molecular weight is 377 g/mol. The summed E-state index contributed by atoms with van der Waals surface area (Å²) < 4.78 is 0. The molecule has 0 aliphatic heterocycles. The molecule has 0 aliphatic rings. The van der Waals surface area contributed by atoms with Crippen molar-refractivity contribution in [2.45, 2.75) is 52.0 Å². The number of nitrogens with one attached hydrogen (secondary N) is 4. The van der Waals surface area contributed by atoms with Gasteiger partial charge in [0.2, 0.25) is 23.6 Å². The summed E-state index contributed by atoms with van der Waals surface area (Å²) in [5.74, 6) is -0.990. The lowest BCUT2D eigenvalue weighted by molar-refractivity contribution is -0.129. The molecule has 0 heterocycles. The number of carbonyl (C=O) groups is 4. The minimum absolute atomic E-state index is 0.0500.